The summed E-state index contributed by atoms with van der Waals surface area (Å²) >= 11 is 0. The Kier molecular flexibility index (Phi) is 1.34. The maximum absolute atomic E-state index is 2.33. The zero-order chi connectivity index (χ0) is 6.32. The summed E-state index contributed by atoms with van der Waals surface area (Å²) in [6.45, 7) is 2.33. The topological polar surface area (TPSA) is 0 Å². The molecule has 2 rings (SSSR count). The van der Waals surface area contributed by atoms with E-state index in [0.29, 0.717) is 0 Å². The molecule has 2 fully saturated rings. The maximum Gasteiger partial charge on any atom is -0.0218 e. The molecule has 1 spiro atoms. The zero-order valence-electron chi connectivity index (χ0n) is 6.11. The molecule has 1 saturated carbocycles. The first-order valence-electron chi connectivity index (χ1n) is 4.05. The fraction of sp³-hybridized carbons (Fsp3) is 1.00. The van der Waals surface area contributed by atoms with Crippen molar-refractivity contribution < 1.29 is 0 Å². The first-order chi connectivity index (χ1) is 4.35. The molecule has 1 aliphatic carbocycles. The summed E-state index contributed by atoms with van der Waals surface area (Å²) in [5.74, 6) is 1.12. The normalized spacial score (nSPS) is 51.0. The van der Waals surface area contributed by atoms with Crippen molar-refractivity contribution in [1.82, 2.24) is 0 Å². The molecular formula is C8H15P. The molecule has 0 aromatic carbocycles. The highest BCUT2D eigenvalue weighted by Crippen LogP contribution is 2.59. The minimum Gasteiger partial charge on any atom is -0.121 e. The molecule has 0 aromatic heterocycles. The molecular weight excluding hydrogens is 127 g/mol. The molecule has 1 heterocycles. The van der Waals surface area contributed by atoms with Gasteiger partial charge in [0, 0.05) is 0 Å². The lowest BCUT2D eigenvalue weighted by atomic mass is 9.63. The molecule has 0 unspecified atom stereocenters. The molecule has 9 heavy (non-hydrogen) atoms. The van der Waals surface area contributed by atoms with Gasteiger partial charge in [0.1, 0.15) is 0 Å². The predicted octanol–water partition coefficient (Wildman–Crippen LogP) is 2.48. The van der Waals surface area contributed by atoms with Crippen LogP contribution in [0.4, 0.5) is 0 Å². The van der Waals surface area contributed by atoms with Crippen molar-refractivity contribution in [2.24, 2.45) is 11.3 Å². The summed E-state index contributed by atoms with van der Waals surface area (Å²) < 4.78 is 0. The summed E-state index contributed by atoms with van der Waals surface area (Å²) in [4.78, 5) is 0. The van der Waals surface area contributed by atoms with Crippen LogP contribution in [-0.4, -0.2) is 12.3 Å². The van der Waals surface area contributed by atoms with Gasteiger partial charge in [-0.05, 0) is 36.5 Å². The second-order valence-corrected chi connectivity index (χ2v) is 4.99. The van der Waals surface area contributed by atoms with Gasteiger partial charge in [-0.1, -0.05) is 13.3 Å². The molecule has 0 bridgehead atoms. The van der Waals surface area contributed by atoms with Crippen LogP contribution in [0.1, 0.15) is 26.2 Å². The summed E-state index contributed by atoms with van der Waals surface area (Å²) in [6, 6.07) is 0. The van der Waals surface area contributed by atoms with Crippen LogP contribution in [0, 0.1) is 11.3 Å². The number of rotatable bonds is 1. The van der Waals surface area contributed by atoms with Gasteiger partial charge in [0.05, 0.1) is 0 Å². The van der Waals surface area contributed by atoms with Crippen LogP contribution in [0.25, 0.3) is 0 Å². The van der Waals surface area contributed by atoms with E-state index >= 15 is 0 Å². The Bertz CT molecular complexity index is 108. The van der Waals surface area contributed by atoms with Crippen molar-refractivity contribution >= 4 is 8.58 Å². The third-order valence-corrected chi connectivity index (χ3v) is 5.02. The Morgan fingerprint density at radius 2 is 2.11 bits per heavy atom. The lowest BCUT2D eigenvalue weighted by molar-refractivity contribution is 0.0894. The Labute approximate surface area is 59.2 Å². The largest absolute Gasteiger partial charge is 0.121 e. The van der Waals surface area contributed by atoms with Gasteiger partial charge < -0.3 is 0 Å². The molecule has 0 atom stereocenters. The van der Waals surface area contributed by atoms with Crippen molar-refractivity contribution in [1.29, 1.82) is 0 Å². The summed E-state index contributed by atoms with van der Waals surface area (Å²) in [7, 11) is 1.32. The van der Waals surface area contributed by atoms with E-state index in [9.17, 15) is 0 Å². The minimum absolute atomic E-state index is 0.930. The second-order valence-electron chi connectivity index (χ2n) is 3.79. The summed E-state index contributed by atoms with van der Waals surface area (Å²) in [5.41, 5.74) is 0.930. The maximum atomic E-state index is 2.33. The van der Waals surface area contributed by atoms with Gasteiger partial charge >= 0.3 is 0 Å². The van der Waals surface area contributed by atoms with E-state index in [1.165, 1.54) is 15.0 Å². The highest BCUT2D eigenvalue weighted by atomic mass is 31.1. The minimum atomic E-state index is 0.930. The molecule has 1 saturated heterocycles. The molecule has 0 radical (unpaired) electrons. The lowest BCUT2D eigenvalue weighted by Crippen LogP contribution is -2.46. The third kappa shape index (κ3) is 0.835. The number of hydrogen-bond acceptors (Lipinski definition) is 0. The van der Waals surface area contributed by atoms with Gasteiger partial charge in [-0.25, -0.2) is 0 Å². The monoisotopic (exact) mass is 142 g/mol. The van der Waals surface area contributed by atoms with E-state index in [1.54, 1.807) is 25.2 Å². The highest BCUT2D eigenvalue weighted by molar-refractivity contribution is 7.40. The fourth-order valence-electron chi connectivity index (χ4n) is 2.22. The van der Waals surface area contributed by atoms with Crippen LogP contribution < -0.4 is 0 Å². The van der Waals surface area contributed by atoms with Crippen molar-refractivity contribution in [3.8, 4) is 0 Å². The van der Waals surface area contributed by atoms with Gasteiger partial charge in [0.2, 0.25) is 0 Å². The molecule has 1 aliphatic heterocycles. The van der Waals surface area contributed by atoms with Crippen molar-refractivity contribution in [2.45, 2.75) is 26.2 Å². The average molecular weight is 142 g/mol. The van der Waals surface area contributed by atoms with Crippen LogP contribution >= 0.6 is 8.58 Å². The van der Waals surface area contributed by atoms with Gasteiger partial charge in [-0.3, -0.25) is 0 Å². The second kappa shape index (κ2) is 1.95. The first-order valence-corrected chi connectivity index (χ1v) is 5.47. The average Bonchev–Trinajstić information content (AvgIpc) is 1.59. The lowest BCUT2D eigenvalue weighted by Gasteiger charge is -2.54. The van der Waals surface area contributed by atoms with Crippen LogP contribution in [0.2, 0.25) is 0 Å². The van der Waals surface area contributed by atoms with E-state index in [4.69, 9.17) is 0 Å². The van der Waals surface area contributed by atoms with E-state index < -0.39 is 0 Å². The molecule has 2 aliphatic rings. The van der Waals surface area contributed by atoms with Gasteiger partial charge in [0.15, 0.2) is 0 Å². The number of hydrogen-bond donors (Lipinski definition) is 0. The Balaban J connectivity index is 1.82. The molecule has 0 nitrogen and oxygen atoms in total. The van der Waals surface area contributed by atoms with E-state index in [2.05, 4.69) is 6.92 Å². The molecule has 0 aromatic rings. The Hall–Kier alpha value is 0.430. The molecule has 0 amide bonds. The van der Waals surface area contributed by atoms with Gasteiger partial charge in [-0.15, -0.1) is 8.58 Å². The summed E-state index contributed by atoms with van der Waals surface area (Å²) in [6.07, 6.45) is 7.77. The van der Waals surface area contributed by atoms with Crippen LogP contribution in [0.15, 0.2) is 0 Å². The fourth-order valence-corrected chi connectivity index (χ4v) is 3.76. The Morgan fingerprint density at radius 3 is 2.44 bits per heavy atom. The zero-order valence-corrected chi connectivity index (χ0v) is 7.11. The van der Waals surface area contributed by atoms with E-state index in [-0.39, 0.29) is 0 Å². The van der Waals surface area contributed by atoms with E-state index in [1.807, 2.05) is 0 Å². The van der Waals surface area contributed by atoms with Crippen molar-refractivity contribution in [2.75, 3.05) is 12.3 Å². The quantitative estimate of drug-likeness (QED) is 0.493. The van der Waals surface area contributed by atoms with Crippen LogP contribution in [0.3, 0.4) is 0 Å². The summed E-state index contributed by atoms with van der Waals surface area (Å²) in [5, 5.41) is 0. The van der Waals surface area contributed by atoms with E-state index in [0.717, 1.165) is 11.3 Å². The highest BCUT2D eigenvalue weighted by Gasteiger charge is 2.46. The first kappa shape index (κ1) is 6.16. The standard InChI is InChI=1S/C8H15P/c1-2-7-3-8(4-7)5-9-6-8/h7,9H,2-6H2,1H3. The van der Waals surface area contributed by atoms with Crippen LogP contribution in [0.5, 0.6) is 0 Å². The SMILES string of the molecule is CCC1CC2(CPC2)C1. The van der Waals surface area contributed by atoms with Crippen molar-refractivity contribution in [3.05, 3.63) is 0 Å². The Morgan fingerprint density at radius 1 is 1.44 bits per heavy atom. The molecule has 1 heteroatoms. The molecule has 52 valence electrons. The van der Waals surface area contributed by atoms with Gasteiger partial charge in [0.25, 0.3) is 0 Å². The molecule has 0 N–H and O–H groups in total. The van der Waals surface area contributed by atoms with Crippen LogP contribution in [-0.2, 0) is 0 Å². The predicted molar refractivity (Wildman–Crippen MR) is 43.5 cm³/mol. The van der Waals surface area contributed by atoms with Crippen molar-refractivity contribution in [3.63, 3.8) is 0 Å². The van der Waals surface area contributed by atoms with Gasteiger partial charge in [-0.2, -0.15) is 0 Å². The third-order valence-electron chi connectivity index (χ3n) is 3.02. The smallest absolute Gasteiger partial charge is 0.0218 e.